The molecule has 0 amide bonds. The Kier molecular flexibility index (Phi) is 32.2. The highest BCUT2D eigenvalue weighted by atomic mass is 32.2. The summed E-state index contributed by atoms with van der Waals surface area (Å²) in [6, 6.07) is 0. The minimum absolute atomic E-state index is 0.678. The van der Waals surface area contributed by atoms with Crippen LogP contribution in [0.5, 0.6) is 0 Å². The molecule has 1 aliphatic rings. The summed E-state index contributed by atoms with van der Waals surface area (Å²) in [6.07, 6.45) is 7.60. The third kappa shape index (κ3) is 16.7. The van der Waals surface area contributed by atoms with Crippen molar-refractivity contribution in [3.05, 3.63) is 23.6 Å². The molecule has 1 aliphatic heterocycles. The molecule has 0 N–H and O–H groups in total. The van der Waals surface area contributed by atoms with E-state index < -0.39 is 0 Å². The van der Waals surface area contributed by atoms with Crippen LogP contribution in [0.1, 0.15) is 48.0 Å². The van der Waals surface area contributed by atoms with Crippen LogP contribution in [0.25, 0.3) is 0 Å². The van der Waals surface area contributed by atoms with Gasteiger partial charge in [0.1, 0.15) is 0 Å². The van der Waals surface area contributed by atoms with Gasteiger partial charge >= 0.3 is 0 Å². The van der Waals surface area contributed by atoms with Gasteiger partial charge in [-0.15, -0.1) is 20.6 Å². The molecule has 0 fully saturated rings. The van der Waals surface area contributed by atoms with Crippen LogP contribution in [-0.4, -0.2) is 11.0 Å². The molecular formula is C13H27PS. The molecule has 1 rings (SSSR count). The fraction of sp³-hybridized carbons (Fsp3) is 0.615. The van der Waals surface area contributed by atoms with E-state index in [1.54, 1.807) is 0 Å². The minimum atomic E-state index is 0.678. The van der Waals surface area contributed by atoms with E-state index in [0.717, 1.165) is 0 Å². The summed E-state index contributed by atoms with van der Waals surface area (Å²) in [4.78, 5) is 0. The Morgan fingerprint density at radius 1 is 1.13 bits per heavy atom. The molecule has 0 bridgehead atoms. The highest BCUT2D eigenvalue weighted by Gasteiger charge is 2.04. The number of thioether (sulfide) groups is 1. The smallest absolute Gasteiger partial charge is 0.0306 e. The summed E-state index contributed by atoms with van der Waals surface area (Å²) in [5.41, 5.74) is 0. The normalized spacial score (nSPS) is 16.5. The summed E-state index contributed by atoms with van der Waals surface area (Å²) >= 11 is 1.87. The number of rotatable bonds is 2. The van der Waals surface area contributed by atoms with Gasteiger partial charge in [0.25, 0.3) is 0 Å². The Balaban J connectivity index is -0.000000208. The van der Waals surface area contributed by atoms with Gasteiger partial charge < -0.3 is 0 Å². The predicted molar refractivity (Wildman–Crippen MR) is 82.7 cm³/mol. The highest BCUT2D eigenvalue weighted by molar-refractivity contribution is 8.03. The van der Waals surface area contributed by atoms with Crippen molar-refractivity contribution in [3.63, 3.8) is 0 Å². The van der Waals surface area contributed by atoms with Crippen molar-refractivity contribution in [2.45, 2.75) is 53.2 Å². The largest absolute Gasteiger partial charge is 0.127 e. The third-order valence-corrected chi connectivity index (χ3v) is 2.38. The van der Waals surface area contributed by atoms with Gasteiger partial charge in [-0.1, -0.05) is 59.8 Å². The van der Waals surface area contributed by atoms with E-state index in [2.05, 4.69) is 26.4 Å². The Bertz CT molecular complexity index is 143. The fourth-order valence-electron chi connectivity index (χ4n) is 0.705. The van der Waals surface area contributed by atoms with Gasteiger partial charge in [0.2, 0.25) is 0 Å². The van der Waals surface area contributed by atoms with Gasteiger partial charge in [0, 0.05) is 5.25 Å². The first-order chi connectivity index (χ1) is 7.43. The Hall–Kier alpha value is -0.0000000000000000555. The van der Waals surface area contributed by atoms with Crippen LogP contribution in [0, 0.1) is 0 Å². The van der Waals surface area contributed by atoms with Gasteiger partial charge in [0.05, 0.1) is 0 Å². The molecule has 0 saturated carbocycles. The zero-order chi connectivity index (χ0) is 12.5. The van der Waals surface area contributed by atoms with E-state index in [-0.39, 0.29) is 0 Å². The molecule has 1 heterocycles. The molecule has 0 spiro atoms. The van der Waals surface area contributed by atoms with E-state index >= 15 is 0 Å². The molecule has 2 heteroatoms. The van der Waals surface area contributed by atoms with Gasteiger partial charge in [-0.05, 0) is 17.6 Å². The Morgan fingerprint density at radius 2 is 1.67 bits per heavy atom. The topological polar surface area (TPSA) is 0 Å². The quantitative estimate of drug-likeness (QED) is 0.573. The summed E-state index contributed by atoms with van der Waals surface area (Å²) in [5.74, 6) is 1.87. The Morgan fingerprint density at radius 3 is 2.00 bits per heavy atom. The van der Waals surface area contributed by atoms with Crippen LogP contribution >= 0.6 is 20.6 Å². The van der Waals surface area contributed by atoms with Crippen molar-refractivity contribution >= 4 is 26.4 Å². The molecule has 0 aliphatic carbocycles. The average Bonchev–Trinajstić information content (AvgIpc) is 2.87. The zero-order valence-corrected chi connectivity index (χ0v) is 12.9. The van der Waals surface area contributed by atoms with Gasteiger partial charge in [0.15, 0.2) is 0 Å². The second-order valence-electron chi connectivity index (χ2n) is 1.83. The van der Waals surface area contributed by atoms with E-state index in [1.165, 1.54) is 6.42 Å². The van der Waals surface area contributed by atoms with Crippen molar-refractivity contribution in [2.75, 3.05) is 0 Å². The summed E-state index contributed by atoms with van der Waals surface area (Å²) < 4.78 is 0. The van der Waals surface area contributed by atoms with E-state index in [0.29, 0.717) is 5.25 Å². The molecule has 15 heavy (non-hydrogen) atoms. The first-order valence-corrected chi connectivity index (χ1v) is 7.43. The number of hydrogen-bond donors (Lipinski definition) is 0. The molecule has 0 aromatic rings. The van der Waals surface area contributed by atoms with Gasteiger partial charge in [-0.3, -0.25) is 0 Å². The van der Waals surface area contributed by atoms with Crippen molar-refractivity contribution in [1.82, 2.24) is 0 Å². The van der Waals surface area contributed by atoms with Crippen LogP contribution in [0.2, 0.25) is 0 Å². The second kappa shape index (κ2) is 23.7. The molecule has 1 atom stereocenters. The SMILES string of the molecule is CC.CC.CC.P=C/C=C\C1CC=CS1. The van der Waals surface area contributed by atoms with Crippen LogP contribution in [0.4, 0.5) is 0 Å². The molecule has 0 nitrogen and oxygen atoms in total. The lowest BCUT2D eigenvalue weighted by Gasteiger charge is -1.96. The third-order valence-electron chi connectivity index (χ3n) is 1.14. The van der Waals surface area contributed by atoms with E-state index in [4.69, 9.17) is 0 Å². The van der Waals surface area contributed by atoms with Crippen molar-refractivity contribution in [1.29, 1.82) is 0 Å². The van der Waals surface area contributed by atoms with E-state index in [1.807, 2.05) is 65.2 Å². The fourth-order valence-corrected chi connectivity index (χ4v) is 1.64. The molecule has 0 aromatic heterocycles. The highest BCUT2D eigenvalue weighted by Crippen LogP contribution is 2.24. The molecule has 1 unspecified atom stereocenters. The van der Waals surface area contributed by atoms with Crippen molar-refractivity contribution in [2.24, 2.45) is 0 Å². The second-order valence-corrected chi connectivity index (χ2v) is 3.32. The summed E-state index contributed by atoms with van der Waals surface area (Å²) in [6.45, 7) is 12.0. The van der Waals surface area contributed by atoms with E-state index in [9.17, 15) is 0 Å². The summed E-state index contributed by atoms with van der Waals surface area (Å²) in [5, 5.41) is 2.83. The van der Waals surface area contributed by atoms with Crippen LogP contribution in [0.15, 0.2) is 23.6 Å². The standard InChI is InChI=1S/C7H9PS.3C2H6/c8-5-1-3-7-4-2-6-9-7;3*1-2/h1-3,5-8H,4H2;3*1-2H3/b3-1-;;;. The predicted octanol–water partition coefficient (Wildman–Crippen LogP) is 5.59. The minimum Gasteiger partial charge on any atom is -0.127 e. The molecule has 0 radical (unpaired) electrons. The van der Waals surface area contributed by atoms with Crippen LogP contribution in [0.3, 0.4) is 0 Å². The maximum absolute atomic E-state index is 3.26. The first-order valence-electron chi connectivity index (χ1n) is 5.91. The van der Waals surface area contributed by atoms with Crippen molar-refractivity contribution in [3.8, 4) is 0 Å². The summed E-state index contributed by atoms with van der Waals surface area (Å²) in [7, 11) is 3.26. The van der Waals surface area contributed by atoms with Gasteiger partial charge in [-0.2, -0.15) is 0 Å². The lowest BCUT2D eigenvalue weighted by atomic mass is 10.3. The lowest BCUT2D eigenvalue weighted by Crippen LogP contribution is -1.88. The van der Waals surface area contributed by atoms with Gasteiger partial charge in [-0.25, -0.2) is 0 Å². The maximum atomic E-state index is 3.26. The number of hydrogen-bond acceptors (Lipinski definition) is 1. The first kappa shape index (κ1) is 20.4. The number of allylic oxidation sites excluding steroid dienone is 2. The van der Waals surface area contributed by atoms with Crippen LogP contribution in [-0.2, 0) is 0 Å². The van der Waals surface area contributed by atoms with Crippen molar-refractivity contribution < 1.29 is 0 Å². The monoisotopic (exact) mass is 246 g/mol. The molecule has 0 saturated heterocycles. The lowest BCUT2D eigenvalue weighted by molar-refractivity contribution is 1.10. The molecular weight excluding hydrogens is 219 g/mol. The Labute approximate surface area is 103 Å². The zero-order valence-electron chi connectivity index (χ0n) is 11.1. The maximum Gasteiger partial charge on any atom is 0.0306 e. The average molecular weight is 246 g/mol. The molecule has 0 aromatic carbocycles. The molecule has 90 valence electrons. The van der Waals surface area contributed by atoms with Crippen LogP contribution < -0.4 is 0 Å².